The van der Waals surface area contributed by atoms with Crippen LogP contribution in [0.4, 0.5) is 5.69 Å². The van der Waals surface area contributed by atoms with Gasteiger partial charge in [-0.05, 0) is 56.4 Å². The first kappa shape index (κ1) is 28.0. The van der Waals surface area contributed by atoms with Gasteiger partial charge < -0.3 is 10.2 Å². The zero-order valence-electron chi connectivity index (χ0n) is 21.5. The molecule has 1 N–H and O–H groups in total. The molecule has 3 rings (SSSR count). The Morgan fingerprint density at radius 1 is 1.08 bits per heavy atom. The van der Waals surface area contributed by atoms with Gasteiger partial charge in [0.15, 0.2) is 0 Å². The van der Waals surface area contributed by atoms with E-state index in [2.05, 4.69) is 5.32 Å². The molecule has 0 heterocycles. The van der Waals surface area contributed by atoms with Crippen molar-refractivity contribution in [3.8, 4) is 0 Å². The zero-order valence-corrected chi connectivity index (χ0v) is 23.0. The van der Waals surface area contributed by atoms with Crippen LogP contribution in [0, 0.1) is 13.8 Å². The molecule has 0 radical (unpaired) electrons. The molecule has 0 saturated heterocycles. The second-order valence-corrected chi connectivity index (χ2v) is 11.9. The van der Waals surface area contributed by atoms with E-state index in [1.165, 1.54) is 4.90 Å². The summed E-state index contributed by atoms with van der Waals surface area (Å²) in [6.07, 6.45) is 5.50. The van der Waals surface area contributed by atoms with Gasteiger partial charge in [0.05, 0.1) is 11.9 Å². The number of amides is 2. The minimum Gasteiger partial charge on any atom is -0.352 e. The van der Waals surface area contributed by atoms with Crippen molar-refractivity contribution in [2.45, 2.75) is 71.5 Å². The van der Waals surface area contributed by atoms with Gasteiger partial charge in [-0.25, -0.2) is 8.42 Å². The van der Waals surface area contributed by atoms with Gasteiger partial charge >= 0.3 is 0 Å². The predicted octanol–water partition coefficient (Wildman–Crippen LogP) is 4.59. The normalized spacial score (nSPS) is 14.9. The molecule has 1 aliphatic carbocycles. The van der Waals surface area contributed by atoms with Gasteiger partial charge in [0.25, 0.3) is 0 Å². The lowest BCUT2D eigenvalue weighted by Crippen LogP contribution is -2.53. The molecule has 2 aromatic carbocycles. The molecule has 36 heavy (non-hydrogen) atoms. The number of aryl methyl sites for hydroxylation is 1. The highest BCUT2D eigenvalue weighted by Gasteiger charge is 2.33. The summed E-state index contributed by atoms with van der Waals surface area (Å²) in [7, 11) is -3.81. The highest BCUT2D eigenvalue weighted by atomic mass is 35.5. The molecule has 0 aromatic heterocycles. The third-order valence-corrected chi connectivity index (χ3v) is 8.28. The Labute approximate surface area is 219 Å². The molecule has 0 spiro atoms. The van der Waals surface area contributed by atoms with E-state index >= 15 is 0 Å². The topological polar surface area (TPSA) is 86.8 Å². The number of sulfonamides is 1. The quantitative estimate of drug-likeness (QED) is 0.484. The van der Waals surface area contributed by atoms with Crippen LogP contribution < -0.4 is 9.62 Å². The number of nitrogens with one attached hydrogen (secondary N) is 1. The molecule has 1 atom stereocenters. The van der Waals surface area contributed by atoms with Gasteiger partial charge in [-0.2, -0.15) is 0 Å². The van der Waals surface area contributed by atoms with Crippen LogP contribution in [0.25, 0.3) is 0 Å². The SMILES string of the molecule is CCC(C(=O)NC1CCCC1)N(Cc1ccc(C)cc1)C(=O)CN(c1cccc(Cl)c1C)S(C)(=O)=O. The maximum absolute atomic E-state index is 13.8. The number of carbonyl (C=O) groups excluding carboxylic acids is 2. The van der Waals surface area contributed by atoms with Gasteiger partial charge in [0.1, 0.15) is 12.6 Å². The second-order valence-electron chi connectivity index (χ2n) is 9.57. The summed E-state index contributed by atoms with van der Waals surface area (Å²) < 4.78 is 26.6. The standard InChI is InChI=1S/C27H36ClN3O4S/c1-5-24(27(33)29-22-9-6-7-10-22)30(17-21-15-13-19(2)14-16-21)26(32)18-31(36(4,34)35)25-12-8-11-23(28)20(25)3/h8,11-16,22,24H,5-7,9-10,17-18H2,1-4H3,(H,29,33). The van der Waals surface area contributed by atoms with Crippen molar-refractivity contribution in [3.05, 3.63) is 64.2 Å². The van der Waals surface area contributed by atoms with Crippen molar-refractivity contribution >= 4 is 39.1 Å². The number of nitrogens with zero attached hydrogens (tertiary/aromatic N) is 2. The molecule has 196 valence electrons. The average Bonchev–Trinajstić information content (AvgIpc) is 3.33. The summed E-state index contributed by atoms with van der Waals surface area (Å²) in [5.41, 5.74) is 2.86. The first-order valence-corrected chi connectivity index (χ1v) is 14.6. The van der Waals surface area contributed by atoms with E-state index in [9.17, 15) is 18.0 Å². The number of carbonyl (C=O) groups is 2. The first-order valence-electron chi connectivity index (χ1n) is 12.4. The Kier molecular flexibility index (Phi) is 9.41. The summed E-state index contributed by atoms with van der Waals surface area (Å²) in [6, 6.07) is 12.1. The fraction of sp³-hybridized carbons (Fsp3) is 0.481. The Morgan fingerprint density at radius 2 is 1.72 bits per heavy atom. The van der Waals surface area contributed by atoms with Gasteiger partial charge in [-0.15, -0.1) is 0 Å². The maximum Gasteiger partial charge on any atom is 0.244 e. The summed E-state index contributed by atoms with van der Waals surface area (Å²) >= 11 is 6.25. The van der Waals surface area contributed by atoms with Crippen LogP contribution in [0.15, 0.2) is 42.5 Å². The molecule has 1 saturated carbocycles. The van der Waals surface area contributed by atoms with E-state index in [4.69, 9.17) is 11.6 Å². The second kappa shape index (κ2) is 12.1. The molecule has 1 aliphatic rings. The van der Waals surface area contributed by atoms with Gasteiger partial charge in [-0.1, -0.05) is 67.3 Å². The Bertz CT molecular complexity index is 1180. The van der Waals surface area contributed by atoms with Crippen LogP contribution in [0.2, 0.25) is 5.02 Å². The van der Waals surface area contributed by atoms with Crippen LogP contribution in [0.3, 0.4) is 0 Å². The summed E-state index contributed by atoms with van der Waals surface area (Å²) in [6.45, 7) is 5.33. The summed E-state index contributed by atoms with van der Waals surface area (Å²) in [4.78, 5) is 28.6. The number of anilines is 1. The summed E-state index contributed by atoms with van der Waals surface area (Å²) in [5.74, 6) is -0.650. The minimum atomic E-state index is -3.81. The number of benzene rings is 2. The average molecular weight is 534 g/mol. The Hall–Kier alpha value is -2.58. The van der Waals surface area contributed by atoms with Crippen LogP contribution in [0.5, 0.6) is 0 Å². The lowest BCUT2D eigenvalue weighted by atomic mass is 10.1. The van der Waals surface area contributed by atoms with E-state index in [0.717, 1.165) is 47.4 Å². The molecule has 0 bridgehead atoms. The van der Waals surface area contributed by atoms with E-state index in [1.807, 2.05) is 38.1 Å². The van der Waals surface area contributed by atoms with Crippen molar-refractivity contribution in [3.63, 3.8) is 0 Å². The monoisotopic (exact) mass is 533 g/mol. The molecule has 0 aliphatic heterocycles. The van der Waals surface area contributed by atoms with Crippen molar-refractivity contribution in [1.82, 2.24) is 10.2 Å². The highest BCUT2D eigenvalue weighted by molar-refractivity contribution is 7.92. The number of hydrogen-bond acceptors (Lipinski definition) is 4. The van der Waals surface area contributed by atoms with E-state index < -0.39 is 28.5 Å². The molecule has 1 unspecified atom stereocenters. The van der Waals surface area contributed by atoms with Crippen molar-refractivity contribution in [2.75, 3.05) is 17.1 Å². The molecule has 1 fully saturated rings. The third-order valence-electron chi connectivity index (χ3n) is 6.75. The van der Waals surface area contributed by atoms with Gasteiger partial charge in [-0.3, -0.25) is 13.9 Å². The van der Waals surface area contributed by atoms with E-state index in [0.29, 0.717) is 22.7 Å². The molecular formula is C27H36ClN3O4S. The lowest BCUT2D eigenvalue weighted by molar-refractivity contribution is -0.140. The lowest BCUT2D eigenvalue weighted by Gasteiger charge is -2.33. The minimum absolute atomic E-state index is 0.115. The predicted molar refractivity (Wildman–Crippen MR) is 145 cm³/mol. The van der Waals surface area contributed by atoms with Gasteiger partial charge in [0, 0.05) is 17.6 Å². The Morgan fingerprint density at radius 3 is 2.31 bits per heavy atom. The van der Waals surface area contributed by atoms with Crippen molar-refractivity contribution in [2.24, 2.45) is 0 Å². The third kappa shape index (κ3) is 7.01. The Balaban J connectivity index is 1.94. The van der Waals surface area contributed by atoms with Crippen LogP contribution in [-0.2, 0) is 26.2 Å². The van der Waals surface area contributed by atoms with Gasteiger partial charge in [0.2, 0.25) is 21.8 Å². The zero-order chi connectivity index (χ0) is 26.5. The van der Waals surface area contributed by atoms with E-state index in [-0.39, 0.29) is 18.5 Å². The molecule has 7 nitrogen and oxygen atoms in total. The molecular weight excluding hydrogens is 498 g/mol. The van der Waals surface area contributed by atoms with Crippen LogP contribution >= 0.6 is 11.6 Å². The molecule has 9 heteroatoms. The molecule has 2 amide bonds. The number of hydrogen-bond donors (Lipinski definition) is 1. The first-order chi connectivity index (χ1) is 17.0. The largest absolute Gasteiger partial charge is 0.352 e. The smallest absolute Gasteiger partial charge is 0.244 e. The highest BCUT2D eigenvalue weighted by Crippen LogP contribution is 2.28. The number of rotatable bonds is 10. The van der Waals surface area contributed by atoms with E-state index in [1.54, 1.807) is 25.1 Å². The molecule has 2 aromatic rings. The fourth-order valence-corrected chi connectivity index (χ4v) is 5.71. The maximum atomic E-state index is 13.8. The van der Waals surface area contributed by atoms with Crippen molar-refractivity contribution < 1.29 is 18.0 Å². The van der Waals surface area contributed by atoms with Crippen molar-refractivity contribution in [1.29, 1.82) is 0 Å². The fourth-order valence-electron chi connectivity index (χ4n) is 4.64. The van der Waals surface area contributed by atoms with Crippen LogP contribution in [0.1, 0.15) is 55.7 Å². The summed E-state index contributed by atoms with van der Waals surface area (Å²) in [5, 5.41) is 3.52. The number of halogens is 1. The van der Waals surface area contributed by atoms with Crippen LogP contribution in [-0.4, -0.2) is 50.0 Å².